The van der Waals surface area contributed by atoms with Crippen molar-refractivity contribution in [2.45, 2.75) is 6.54 Å². The summed E-state index contributed by atoms with van der Waals surface area (Å²) in [5, 5.41) is 9.70. The molecule has 0 radical (unpaired) electrons. The number of hydrogen-bond acceptors (Lipinski definition) is 3. The van der Waals surface area contributed by atoms with Crippen LogP contribution in [0.25, 0.3) is 0 Å². The SMILES string of the molecule is C=CCN(C=CC(=O)c1ccccc1O)Cc1ccccc1. The third-order valence-corrected chi connectivity index (χ3v) is 3.20. The van der Waals surface area contributed by atoms with Gasteiger partial charge in [-0.1, -0.05) is 48.5 Å². The number of rotatable bonds is 7. The zero-order chi connectivity index (χ0) is 15.8. The van der Waals surface area contributed by atoms with E-state index in [0.717, 1.165) is 5.56 Å². The molecule has 0 unspecified atom stereocenters. The second-order valence-corrected chi connectivity index (χ2v) is 4.90. The van der Waals surface area contributed by atoms with Crippen molar-refractivity contribution in [2.75, 3.05) is 6.54 Å². The smallest absolute Gasteiger partial charge is 0.190 e. The first kappa shape index (κ1) is 15.6. The van der Waals surface area contributed by atoms with E-state index in [4.69, 9.17) is 0 Å². The molecular weight excluding hydrogens is 274 g/mol. The molecule has 2 aromatic rings. The van der Waals surface area contributed by atoms with Crippen LogP contribution >= 0.6 is 0 Å². The van der Waals surface area contributed by atoms with Crippen molar-refractivity contribution < 1.29 is 9.90 Å². The molecule has 0 saturated carbocycles. The summed E-state index contributed by atoms with van der Waals surface area (Å²) in [6.45, 7) is 5.07. The Morgan fingerprint density at radius 2 is 1.77 bits per heavy atom. The molecular formula is C19H19NO2. The third-order valence-electron chi connectivity index (χ3n) is 3.20. The van der Waals surface area contributed by atoms with E-state index in [-0.39, 0.29) is 11.5 Å². The molecule has 2 rings (SSSR count). The van der Waals surface area contributed by atoms with Crippen LogP contribution in [-0.4, -0.2) is 22.3 Å². The maximum atomic E-state index is 12.1. The fourth-order valence-corrected chi connectivity index (χ4v) is 2.11. The number of phenols is 1. The van der Waals surface area contributed by atoms with Crippen molar-refractivity contribution in [3.05, 3.63) is 90.7 Å². The molecule has 0 aliphatic rings. The van der Waals surface area contributed by atoms with Gasteiger partial charge in [-0.05, 0) is 17.7 Å². The highest BCUT2D eigenvalue weighted by molar-refractivity contribution is 6.06. The van der Waals surface area contributed by atoms with E-state index in [0.29, 0.717) is 18.7 Å². The molecule has 0 saturated heterocycles. The van der Waals surface area contributed by atoms with Gasteiger partial charge in [-0.25, -0.2) is 0 Å². The molecule has 0 bridgehead atoms. The molecule has 0 atom stereocenters. The number of allylic oxidation sites excluding steroid dienone is 1. The van der Waals surface area contributed by atoms with Crippen molar-refractivity contribution in [1.29, 1.82) is 0 Å². The van der Waals surface area contributed by atoms with E-state index in [1.165, 1.54) is 12.1 Å². The normalized spacial score (nSPS) is 10.5. The van der Waals surface area contributed by atoms with Crippen molar-refractivity contribution in [3.8, 4) is 5.75 Å². The van der Waals surface area contributed by atoms with Gasteiger partial charge in [-0.3, -0.25) is 4.79 Å². The summed E-state index contributed by atoms with van der Waals surface area (Å²) in [7, 11) is 0. The quantitative estimate of drug-likeness (QED) is 0.480. The molecule has 1 N–H and O–H groups in total. The molecule has 0 fully saturated rings. The average molecular weight is 293 g/mol. The van der Waals surface area contributed by atoms with Crippen LogP contribution in [-0.2, 0) is 6.54 Å². The summed E-state index contributed by atoms with van der Waals surface area (Å²) >= 11 is 0. The minimum Gasteiger partial charge on any atom is -0.507 e. The van der Waals surface area contributed by atoms with Gasteiger partial charge in [0.15, 0.2) is 5.78 Å². The zero-order valence-corrected chi connectivity index (χ0v) is 12.4. The number of benzene rings is 2. The molecule has 0 spiro atoms. The molecule has 22 heavy (non-hydrogen) atoms. The molecule has 0 aliphatic carbocycles. The van der Waals surface area contributed by atoms with E-state index in [9.17, 15) is 9.90 Å². The van der Waals surface area contributed by atoms with Crippen molar-refractivity contribution in [1.82, 2.24) is 4.90 Å². The summed E-state index contributed by atoms with van der Waals surface area (Å²) in [5.74, 6) is -0.226. The molecule has 3 heteroatoms. The maximum absolute atomic E-state index is 12.1. The number of phenolic OH excluding ortho intramolecular Hbond substituents is 1. The van der Waals surface area contributed by atoms with Gasteiger partial charge in [-0.15, -0.1) is 6.58 Å². The van der Waals surface area contributed by atoms with Gasteiger partial charge in [0.2, 0.25) is 0 Å². The van der Waals surface area contributed by atoms with Crippen LogP contribution in [0.4, 0.5) is 0 Å². The second kappa shape index (κ2) is 7.84. The standard InChI is InChI=1S/C19H19NO2/c1-2-13-20(15-16-8-4-3-5-9-16)14-12-19(22)17-10-6-7-11-18(17)21/h2-12,14,21H,1,13,15H2. The van der Waals surface area contributed by atoms with Gasteiger partial charge in [0.25, 0.3) is 0 Å². The van der Waals surface area contributed by atoms with Crippen LogP contribution in [0, 0.1) is 0 Å². The summed E-state index contributed by atoms with van der Waals surface area (Å²) < 4.78 is 0. The van der Waals surface area contributed by atoms with Crippen LogP contribution in [0.15, 0.2) is 79.5 Å². The Kier molecular flexibility index (Phi) is 5.55. The van der Waals surface area contributed by atoms with Gasteiger partial charge in [0.05, 0.1) is 5.56 Å². The summed E-state index contributed by atoms with van der Waals surface area (Å²) in [4.78, 5) is 14.1. The zero-order valence-electron chi connectivity index (χ0n) is 12.4. The van der Waals surface area contributed by atoms with Gasteiger partial charge in [-0.2, -0.15) is 0 Å². The van der Waals surface area contributed by atoms with Crippen molar-refractivity contribution >= 4 is 5.78 Å². The first-order chi connectivity index (χ1) is 10.7. The van der Waals surface area contributed by atoms with Crippen molar-refractivity contribution in [3.63, 3.8) is 0 Å². The lowest BCUT2D eigenvalue weighted by Gasteiger charge is -2.18. The predicted molar refractivity (Wildman–Crippen MR) is 88.6 cm³/mol. The van der Waals surface area contributed by atoms with Crippen LogP contribution in [0.3, 0.4) is 0 Å². The fourth-order valence-electron chi connectivity index (χ4n) is 2.11. The third kappa shape index (κ3) is 4.35. The van der Waals surface area contributed by atoms with E-state index in [1.54, 1.807) is 30.5 Å². The van der Waals surface area contributed by atoms with Crippen LogP contribution in [0.1, 0.15) is 15.9 Å². The fraction of sp³-hybridized carbons (Fsp3) is 0.105. The average Bonchev–Trinajstić information content (AvgIpc) is 2.54. The Labute approximate surface area is 130 Å². The Morgan fingerprint density at radius 3 is 2.45 bits per heavy atom. The Bertz CT molecular complexity index is 662. The van der Waals surface area contributed by atoms with Gasteiger partial charge < -0.3 is 10.0 Å². The summed E-state index contributed by atoms with van der Waals surface area (Å²) in [6.07, 6.45) is 5.00. The highest BCUT2D eigenvalue weighted by Crippen LogP contribution is 2.16. The predicted octanol–water partition coefficient (Wildman–Crippen LogP) is 3.78. The number of aromatic hydroxyl groups is 1. The van der Waals surface area contributed by atoms with E-state index < -0.39 is 0 Å². The van der Waals surface area contributed by atoms with E-state index in [1.807, 2.05) is 35.2 Å². The van der Waals surface area contributed by atoms with Gasteiger partial charge in [0, 0.05) is 25.4 Å². The van der Waals surface area contributed by atoms with Gasteiger partial charge >= 0.3 is 0 Å². The lowest BCUT2D eigenvalue weighted by molar-refractivity contribution is 0.104. The van der Waals surface area contributed by atoms with Crippen LogP contribution in [0.5, 0.6) is 5.75 Å². The highest BCUT2D eigenvalue weighted by Gasteiger charge is 2.07. The molecule has 0 heterocycles. The molecule has 0 aliphatic heterocycles. The number of para-hydroxylation sites is 1. The topological polar surface area (TPSA) is 40.5 Å². The number of nitrogens with zero attached hydrogens (tertiary/aromatic N) is 1. The summed E-state index contributed by atoms with van der Waals surface area (Å²) in [5.41, 5.74) is 1.46. The Hall–Kier alpha value is -2.81. The second-order valence-electron chi connectivity index (χ2n) is 4.90. The van der Waals surface area contributed by atoms with Crippen molar-refractivity contribution in [2.24, 2.45) is 0 Å². The van der Waals surface area contributed by atoms with Gasteiger partial charge in [0.1, 0.15) is 5.75 Å². The first-order valence-electron chi connectivity index (χ1n) is 7.10. The molecule has 3 nitrogen and oxygen atoms in total. The highest BCUT2D eigenvalue weighted by atomic mass is 16.3. The largest absolute Gasteiger partial charge is 0.507 e. The van der Waals surface area contributed by atoms with E-state index >= 15 is 0 Å². The maximum Gasteiger partial charge on any atom is 0.190 e. The first-order valence-corrected chi connectivity index (χ1v) is 7.10. The minimum absolute atomic E-state index is 0.00419. The number of carbonyl (C=O) groups is 1. The molecule has 112 valence electrons. The number of hydrogen-bond donors (Lipinski definition) is 1. The monoisotopic (exact) mass is 293 g/mol. The summed E-state index contributed by atoms with van der Waals surface area (Å²) in [6, 6.07) is 16.5. The lowest BCUT2D eigenvalue weighted by atomic mass is 10.1. The minimum atomic E-state index is -0.222. The van der Waals surface area contributed by atoms with Crippen LogP contribution in [0.2, 0.25) is 0 Å². The molecule has 0 aromatic heterocycles. The van der Waals surface area contributed by atoms with Crippen LogP contribution < -0.4 is 0 Å². The molecule has 0 amide bonds. The number of ketones is 1. The Morgan fingerprint density at radius 1 is 1.09 bits per heavy atom. The van der Waals surface area contributed by atoms with E-state index in [2.05, 4.69) is 6.58 Å². The number of carbonyl (C=O) groups excluding carboxylic acids is 1. The lowest BCUT2D eigenvalue weighted by Crippen LogP contribution is -2.17. The molecule has 2 aromatic carbocycles. The Balaban J connectivity index is 2.08.